The number of rotatable bonds is 4. The predicted molar refractivity (Wildman–Crippen MR) is 81.4 cm³/mol. The minimum atomic E-state index is 0.363. The van der Waals surface area contributed by atoms with Crippen molar-refractivity contribution < 1.29 is 0 Å². The first-order valence-electron chi connectivity index (χ1n) is 5.37. The van der Waals surface area contributed by atoms with Crippen LogP contribution in [0.2, 0.25) is 0 Å². The van der Waals surface area contributed by atoms with Crippen molar-refractivity contribution in [3.8, 4) is 0 Å². The van der Waals surface area contributed by atoms with Gasteiger partial charge in [0.15, 0.2) is 0 Å². The minimum Gasteiger partial charge on any atom is -0.306 e. The van der Waals surface area contributed by atoms with Gasteiger partial charge in [-0.25, -0.2) is 0 Å². The van der Waals surface area contributed by atoms with E-state index in [1.807, 2.05) is 0 Å². The van der Waals surface area contributed by atoms with Crippen molar-refractivity contribution in [2.45, 2.75) is 19.5 Å². The van der Waals surface area contributed by atoms with E-state index in [-0.39, 0.29) is 0 Å². The molecule has 1 aromatic carbocycles. The summed E-state index contributed by atoms with van der Waals surface area (Å²) in [6, 6.07) is 11.0. The zero-order valence-corrected chi connectivity index (χ0v) is 13.4. The normalized spacial score (nSPS) is 12.6. The zero-order valence-electron chi connectivity index (χ0n) is 9.41. The van der Waals surface area contributed by atoms with Gasteiger partial charge in [0.25, 0.3) is 0 Å². The van der Waals surface area contributed by atoms with E-state index in [0.717, 1.165) is 11.0 Å². The molecule has 2 rings (SSSR count). The molecule has 1 unspecified atom stereocenters. The molecule has 0 aliphatic carbocycles. The highest BCUT2D eigenvalue weighted by Gasteiger charge is 2.05. The quantitative estimate of drug-likeness (QED) is 0.782. The summed E-state index contributed by atoms with van der Waals surface area (Å²) in [7, 11) is 0. The van der Waals surface area contributed by atoms with Crippen molar-refractivity contribution in [2.75, 3.05) is 0 Å². The van der Waals surface area contributed by atoms with Gasteiger partial charge in [-0.1, -0.05) is 28.1 Å². The fourth-order valence-electron chi connectivity index (χ4n) is 1.58. The van der Waals surface area contributed by atoms with Gasteiger partial charge in [0.1, 0.15) is 0 Å². The standard InChI is InChI=1S/C13H13Br2NS/c1-9(11-2-4-12(14)5-3-11)16-7-10-6-13(15)17-8-10/h2-6,8-9,16H,7H2,1H3. The topological polar surface area (TPSA) is 12.0 Å². The molecule has 1 heterocycles. The molecule has 0 fully saturated rings. The van der Waals surface area contributed by atoms with Crippen LogP contribution in [0.25, 0.3) is 0 Å². The lowest BCUT2D eigenvalue weighted by molar-refractivity contribution is 0.575. The molecule has 0 aliphatic rings. The van der Waals surface area contributed by atoms with Gasteiger partial charge in [-0.2, -0.15) is 0 Å². The fourth-order valence-corrected chi connectivity index (χ4v) is 3.05. The molecule has 90 valence electrons. The summed E-state index contributed by atoms with van der Waals surface area (Å²) in [4.78, 5) is 0. The lowest BCUT2D eigenvalue weighted by Gasteiger charge is -2.13. The summed E-state index contributed by atoms with van der Waals surface area (Å²) >= 11 is 8.65. The van der Waals surface area contributed by atoms with E-state index < -0.39 is 0 Å². The maximum absolute atomic E-state index is 3.52. The monoisotopic (exact) mass is 373 g/mol. The highest BCUT2D eigenvalue weighted by atomic mass is 79.9. The van der Waals surface area contributed by atoms with Crippen molar-refractivity contribution in [1.29, 1.82) is 0 Å². The van der Waals surface area contributed by atoms with Crippen LogP contribution in [-0.4, -0.2) is 0 Å². The summed E-state index contributed by atoms with van der Waals surface area (Å²) in [5.41, 5.74) is 2.63. The number of halogens is 2. The van der Waals surface area contributed by atoms with Gasteiger partial charge >= 0.3 is 0 Å². The Balaban J connectivity index is 1.93. The molecule has 4 heteroatoms. The van der Waals surface area contributed by atoms with Crippen LogP contribution in [0.15, 0.2) is 44.0 Å². The van der Waals surface area contributed by atoms with E-state index in [9.17, 15) is 0 Å². The molecule has 0 spiro atoms. The van der Waals surface area contributed by atoms with E-state index >= 15 is 0 Å². The lowest BCUT2D eigenvalue weighted by Crippen LogP contribution is -2.17. The second kappa shape index (κ2) is 6.14. The van der Waals surface area contributed by atoms with Crippen LogP contribution in [0.3, 0.4) is 0 Å². The van der Waals surface area contributed by atoms with Gasteiger partial charge in [-0.05, 0) is 57.6 Å². The van der Waals surface area contributed by atoms with Crippen LogP contribution in [0, 0.1) is 0 Å². The van der Waals surface area contributed by atoms with Gasteiger partial charge in [0, 0.05) is 17.1 Å². The van der Waals surface area contributed by atoms with Crippen LogP contribution < -0.4 is 5.32 Å². The van der Waals surface area contributed by atoms with E-state index in [1.54, 1.807) is 11.3 Å². The Morgan fingerprint density at radius 2 is 1.94 bits per heavy atom. The molecule has 0 amide bonds. The minimum absolute atomic E-state index is 0.363. The van der Waals surface area contributed by atoms with Crippen LogP contribution in [0.1, 0.15) is 24.1 Å². The SMILES string of the molecule is CC(NCc1csc(Br)c1)c1ccc(Br)cc1. The lowest BCUT2D eigenvalue weighted by atomic mass is 10.1. The Labute approximate surface area is 123 Å². The Kier molecular flexibility index (Phi) is 4.79. The predicted octanol–water partition coefficient (Wildman–Crippen LogP) is 5.12. The molecular weight excluding hydrogens is 362 g/mol. The Bertz CT molecular complexity index is 478. The molecule has 0 bridgehead atoms. The molecule has 0 aliphatic heterocycles. The van der Waals surface area contributed by atoms with Gasteiger partial charge in [0.2, 0.25) is 0 Å². The Hall–Kier alpha value is -0.160. The van der Waals surface area contributed by atoms with E-state index in [2.05, 4.69) is 79.8 Å². The second-order valence-electron chi connectivity index (χ2n) is 3.91. The summed E-state index contributed by atoms with van der Waals surface area (Å²) in [6.07, 6.45) is 0. The summed E-state index contributed by atoms with van der Waals surface area (Å²) in [6.45, 7) is 3.09. The van der Waals surface area contributed by atoms with Crippen LogP contribution in [0.4, 0.5) is 0 Å². The first-order chi connectivity index (χ1) is 8.15. The smallest absolute Gasteiger partial charge is 0.0701 e. The van der Waals surface area contributed by atoms with Crippen molar-refractivity contribution in [3.05, 3.63) is 55.1 Å². The number of hydrogen-bond acceptors (Lipinski definition) is 2. The number of nitrogens with one attached hydrogen (secondary N) is 1. The van der Waals surface area contributed by atoms with E-state index in [1.165, 1.54) is 14.9 Å². The molecular formula is C13H13Br2NS. The highest BCUT2D eigenvalue weighted by Crippen LogP contribution is 2.22. The summed E-state index contributed by atoms with van der Waals surface area (Å²) in [5, 5.41) is 5.69. The number of thiophene rings is 1. The number of hydrogen-bond donors (Lipinski definition) is 1. The van der Waals surface area contributed by atoms with E-state index in [0.29, 0.717) is 6.04 Å². The molecule has 17 heavy (non-hydrogen) atoms. The number of benzene rings is 1. The first-order valence-corrected chi connectivity index (χ1v) is 7.83. The molecule has 1 aromatic heterocycles. The third kappa shape index (κ3) is 3.91. The van der Waals surface area contributed by atoms with Gasteiger partial charge in [-0.15, -0.1) is 11.3 Å². The third-order valence-electron chi connectivity index (χ3n) is 2.60. The fraction of sp³-hybridized carbons (Fsp3) is 0.231. The largest absolute Gasteiger partial charge is 0.306 e. The molecule has 1 N–H and O–H groups in total. The Morgan fingerprint density at radius 1 is 1.24 bits per heavy atom. The maximum atomic E-state index is 3.52. The Morgan fingerprint density at radius 3 is 2.53 bits per heavy atom. The van der Waals surface area contributed by atoms with Gasteiger partial charge in [-0.3, -0.25) is 0 Å². The molecule has 0 saturated heterocycles. The van der Waals surface area contributed by atoms with Crippen molar-refractivity contribution >= 4 is 43.2 Å². The van der Waals surface area contributed by atoms with Crippen LogP contribution >= 0.6 is 43.2 Å². The van der Waals surface area contributed by atoms with Crippen molar-refractivity contribution in [1.82, 2.24) is 5.32 Å². The first kappa shape index (κ1) is 13.3. The molecule has 0 saturated carbocycles. The average Bonchev–Trinajstić information content (AvgIpc) is 2.73. The zero-order chi connectivity index (χ0) is 12.3. The second-order valence-corrected chi connectivity index (χ2v) is 7.12. The summed E-state index contributed by atoms with van der Waals surface area (Å²) in [5.74, 6) is 0. The van der Waals surface area contributed by atoms with Gasteiger partial charge < -0.3 is 5.32 Å². The van der Waals surface area contributed by atoms with Crippen molar-refractivity contribution in [2.24, 2.45) is 0 Å². The molecule has 1 nitrogen and oxygen atoms in total. The molecule has 2 aromatic rings. The molecule has 1 atom stereocenters. The highest BCUT2D eigenvalue weighted by molar-refractivity contribution is 9.11. The maximum Gasteiger partial charge on any atom is 0.0701 e. The summed E-state index contributed by atoms with van der Waals surface area (Å²) < 4.78 is 2.31. The van der Waals surface area contributed by atoms with Crippen LogP contribution in [0.5, 0.6) is 0 Å². The van der Waals surface area contributed by atoms with E-state index in [4.69, 9.17) is 0 Å². The molecule has 0 radical (unpaired) electrons. The third-order valence-corrected chi connectivity index (χ3v) is 4.69. The average molecular weight is 375 g/mol. The van der Waals surface area contributed by atoms with Crippen LogP contribution in [-0.2, 0) is 6.54 Å². The van der Waals surface area contributed by atoms with Crippen molar-refractivity contribution in [3.63, 3.8) is 0 Å². The van der Waals surface area contributed by atoms with Gasteiger partial charge in [0.05, 0.1) is 3.79 Å².